The van der Waals surface area contributed by atoms with Crippen molar-refractivity contribution in [2.24, 2.45) is 11.3 Å². The Morgan fingerprint density at radius 3 is 2.43 bits per heavy atom. The summed E-state index contributed by atoms with van der Waals surface area (Å²) in [7, 11) is 0. The van der Waals surface area contributed by atoms with E-state index < -0.39 is 17.2 Å². The molecule has 0 bridgehead atoms. The molecule has 0 spiro atoms. The van der Waals surface area contributed by atoms with Crippen LogP contribution in [0.2, 0.25) is 0 Å². The van der Waals surface area contributed by atoms with E-state index in [0.717, 1.165) is 30.3 Å². The number of likely N-dealkylation sites (tertiary alicyclic amines) is 1. The maximum atomic E-state index is 15.0. The third kappa shape index (κ3) is 8.13. The molecule has 8 heteroatoms. The highest BCUT2D eigenvalue weighted by Gasteiger charge is 2.38. The Balaban J connectivity index is 1.70. The minimum absolute atomic E-state index is 0.0825. The first-order chi connectivity index (χ1) is 19.7. The molecule has 1 aliphatic rings. The number of hydrogen-bond acceptors (Lipinski definition) is 3. The second-order valence-electron chi connectivity index (χ2n) is 13.4. The fourth-order valence-corrected chi connectivity index (χ4v) is 6.18. The molecule has 0 saturated carbocycles. The summed E-state index contributed by atoms with van der Waals surface area (Å²) in [5.74, 6) is -0.239. The number of rotatable bonds is 9. The van der Waals surface area contributed by atoms with Crippen LogP contribution in [0.1, 0.15) is 65.3 Å². The van der Waals surface area contributed by atoms with E-state index in [1.807, 2.05) is 51.2 Å². The molecule has 1 amide bonds. The maximum absolute atomic E-state index is 15.0. The largest absolute Gasteiger partial charge is 0.444 e. The third-order valence-electron chi connectivity index (χ3n) is 7.63. The lowest BCUT2D eigenvalue weighted by Crippen LogP contribution is -2.42. The lowest BCUT2D eigenvalue weighted by molar-refractivity contribution is 0.0277. The number of carbonyl (C=O) groups is 1. The van der Waals surface area contributed by atoms with Crippen molar-refractivity contribution < 1.29 is 18.3 Å². The molecule has 4 rings (SSSR count). The fraction of sp³-hybridized carbons (Fsp3) is 0.500. The summed E-state index contributed by atoms with van der Waals surface area (Å²) in [6, 6.07) is 15.6. The Labute approximate surface area is 254 Å². The van der Waals surface area contributed by atoms with E-state index in [1.165, 1.54) is 12.1 Å². The van der Waals surface area contributed by atoms with Crippen LogP contribution < -0.4 is 0 Å². The Morgan fingerprint density at radius 1 is 1.07 bits per heavy atom. The number of aromatic nitrogens is 1. The molecular formula is C34H44ClF2N3O2. The topological polar surface area (TPSA) is 37.7 Å². The average molecular weight is 600 g/mol. The quantitative estimate of drug-likeness (QED) is 0.232. The number of halogens is 3. The molecule has 1 saturated heterocycles. The molecule has 3 aromatic rings. The summed E-state index contributed by atoms with van der Waals surface area (Å²) in [5.41, 5.74) is 2.23. The lowest BCUT2D eigenvalue weighted by Gasteiger charge is -2.42. The Hall–Kier alpha value is -2.90. The van der Waals surface area contributed by atoms with Crippen LogP contribution in [0.15, 0.2) is 60.8 Å². The molecule has 2 aromatic carbocycles. The predicted molar refractivity (Wildman–Crippen MR) is 166 cm³/mol. The molecule has 0 radical (unpaired) electrons. The Bertz CT molecular complexity index is 1350. The molecule has 42 heavy (non-hydrogen) atoms. The van der Waals surface area contributed by atoms with Crippen LogP contribution in [0.4, 0.5) is 13.6 Å². The molecule has 2 atom stereocenters. The molecular weight excluding hydrogens is 556 g/mol. The van der Waals surface area contributed by atoms with Gasteiger partial charge in [-0.3, -0.25) is 4.90 Å². The van der Waals surface area contributed by atoms with E-state index in [-0.39, 0.29) is 29.0 Å². The van der Waals surface area contributed by atoms with E-state index in [2.05, 4.69) is 42.4 Å². The van der Waals surface area contributed by atoms with Crippen LogP contribution in [-0.4, -0.2) is 58.1 Å². The molecule has 1 unspecified atom stereocenters. The van der Waals surface area contributed by atoms with Gasteiger partial charge in [0.05, 0.1) is 6.04 Å². The maximum Gasteiger partial charge on any atom is 0.410 e. The summed E-state index contributed by atoms with van der Waals surface area (Å²) < 4.78 is 37.0. The van der Waals surface area contributed by atoms with E-state index >= 15 is 0 Å². The molecule has 5 nitrogen and oxygen atoms in total. The van der Waals surface area contributed by atoms with Gasteiger partial charge in [0.2, 0.25) is 0 Å². The Morgan fingerprint density at radius 2 is 1.79 bits per heavy atom. The highest BCUT2D eigenvalue weighted by atomic mass is 35.5. The van der Waals surface area contributed by atoms with Crippen LogP contribution in [0, 0.1) is 23.0 Å². The second-order valence-corrected chi connectivity index (χ2v) is 13.8. The fourth-order valence-electron chi connectivity index (χ4n) is 5.96. The monoisotopic (exact) mass is 599 g/mol. The molecule has 0 N–H and O–H groups in total. The van der Waals surface area contributed by atoms with Gasteiger partial charge in [0.25, 0.3) is 0 Å². The van der Waals surface area contributed by atoms with Gasteiger partial charge in [-0.25, -0.2) is 13.6 Å². The van der Waals surface area contributed by atoms with Crippen molar-refractivity contribution in [1.82, 2.24) is 14.4 Å². The van der Waals surface area contributed by atoms with Crippen molar-refractivity contribution in [2.75, 3.05) is 32.1 Å². The van der Waals surface area contributed by atoms with Crippen molar-refractivity contribution >= 4 is 17.7 Å². The summed E-state index contributed by atoms with van der Waals surface area (Å²) in [6.07, 6.45) is 2.52. The smallest absolute Gasteiger partial charge is 0.410 e. The first-order valence-electron chi connectivity index (χ1n) is 14.7. The van der Waals surface area contributed by atoms with E-state index in [4.69, 9.17) is 16.3 Å². The zero-order chi connectivity index (χ0) is 30.7. The predicted octanol–water partition coefficient (Wildman–Crippen LogP) is 8.37. The van der Waals surface area contributed by atoms with E-state index in [0.29, 0.717) is 37.6 Å². The average Bonchev–Trinajstić information content (AvgIpc) is 3.52. The highest BCUT2D eigenvalue weighted by Crippen LogP contribution is 2.41. The molecule has 228 valence electrons. The van der Waals surface area contributed by atoms with Gasteiger partial charge in [-0.1, -0.05) is 51.1 Å². The molecule has 2 heterocycles. The van der Waals surface area contributed by atoms with Gasteiger partial charge in [0, 0.05) is 61.6 Å². The van der Waals surface area contributed by atoms with Gasteiger partial charge in [0.15, 0.2) is 0 Å². The SMILES string of the molecule is CC(C)(C)OC(=O)N1CCC(CN(CCCl)[C@@H](c2cc(-c3cc(F)ccc3F)cn2Cc2ccccc2)C(C)(C)C)C1. The molecule has 0 aliphatic carbocycles. The Kier molecular flexibility index (Phi) is 10.0. The standard InChI is InChI=1S/C34H44ClF2N3O2/c1-33(2,3)31(38(17-15-35)21-25-14-16-39(22-25)32(41)42-34(4,5)6)30-18-26(28-19-27(36)12-13-29(28)37)23-40(30)20-24-10-8-7-9-11-24/h7-13,18-19,23,25,31H,14-17,20-22H2,1-6H3/t25?,31-/m0/s1. The van der Waals surface area contributed by atoms with Crippen molar-refractivity contribution in [3.63, 3.8) is 0 Å². The number of hydrogen-bond donors (Lipinski definition) is 0. The summed E-state index contributed by atoms with van der Waals surface area (Å²) in [4.78, 5) is 16.9. The number of amides is 1. The van der Waals surface area contributed by atoms with Crippen LogP contribution in [0.5, 0.6) is 0 Å². The van der Waals surface area contributed by atoms with Crippen LogP contribution in [-0.2, 0) is 11.3 Å². The van der Waals surface area contributed by atoms with Crippen molar-refractivity contribution in [3.8, 4) is 11.1 Å². The minimum Gasteiger partial charge on any atom is -0.444 e. The molecule has 1 aliphatic heterocycles. The van der Waals surface area contributed by atoms with Gasteiger partial charge >= 0.3 is 6.09 Å². The summed E-state index contributed by atoms with van der Waals surface area (Å²) >= 11 is 6.40. The lowest BCUT2D eigenvalue weighted by atomic mass is 9.82. The minimum atomic E-state index is -0.541. The molecule has 1 aromatic heterocycles. The normalized spacial score (nSPS) is 16.7. The zero-order valence-electron chi connectivity index (χ0n) is 25.7. The number of ether oxygens (including phenoxy) is 1. The van der Waals surface area contributed by atoms with Gasteiger partial charge < -0.3 is 14.2 Å². The summed E-state index contributed by atoms with van der Waals surface area (Å²) in [5, 5.41) is 0. The van der Waals surface area contributed by atoms with Crippen LogP contribution in [0.25, 0.3) is 11.1 Å². The van der Waals surface area contributed by atoms with Crippen molar-refractivity contribution in [2.45, 2.75) is 66.2 Å². The number of benzene rings is 2. The van der Waals surface area contributed by atoms with Gasteiger partial charge in [-0.05, 0) is 68.4 Å². The van der Waals surface area contributed by atoms with Crippen molar-refractivity contribution in [1.29, 1.82) is 0 Å². The van der Waals surface area contributed by atoms with Crippen LogP contribution >= 0.6 is 11.6 Å². The first-order valence-corrected chi connectivity index (χ1v) is 15.3. The van der Waals surface area contributed by atoms with Gasteiger partial charge in [-0.2, -0.15) is 0 Å². The highest BCUT2D eigenvalue weighted by molar-refractivity contribution is 6.18. The number of nitrogens with zero attached hydrogens (tertiary/aromatic N) is 3. The molecule has 1 fully saturated rings. The number of carbonyl (C=O) groups excluding carboxylic acids is 1. The first kappa shape index (κ1) is 32.0. The summed E-state index contributed by atoms with van der Waals surface area (Å²) in [6.45, 7) is 15.5. The second kappa shape index (κ2) is 13.2. The van der Waals surface area contributed by atoms with Gasteiger partial charge in [-0.15, -0.1) is 11.6 Å². The third-order valence-corrected chi connectivity index (χ3v) is 7.80. The van der Waals surface area contributed by atoms with Gasteiger partial charge in [0.1, 0.15) is 17.2 Å². The van der Waals surface area contributed by atoms with E-state index in [1.54, 1.807) is 4.90 Å². The zero-order valence-corrected chi connectivity index (χ0v) is 26.4. The van der Waals surface area contributed by atoms with Crippen molar-refractivity contribution in [3.05, 3.63) is 83.7 Å². The van der Waals surface area contributed by atoms with E-state index in [9.17, 15) is 13.6 Å². The number of alkyl halides is 1. The van der Waals surface area contributed by atoms with Crippen LogP contribution in [0.3, 0.4) is 0 Å².